The number of ketones is 1. The molecule has 0 heterocycles. The molecule has 0 aliphatic rings. The molecule has 8 nitrogen and oxygen atoms in total. The third kappa shape index (κ3) is 12.6. The average Bonchev–Trinajstić information content (AvgIpc) is 2.71. The molecular formula is C24H42O8S3. The molecule has 1 aromatic rings. The van der Waals surface area contributed by atoms with Gasteiger partial charge < -0.3 is 4.79 Å². The number of aryl methyl sites for hydroxylation is 1. The summed E-state index contributed by atoms with van der Waals surface area (Å²) in [6.45, 7) is 9.83. The first kappa shape index (κ1) is 33.9. The Morgan fingerprint density at radius 2 is 1.40 bits per heavy atom. The second-order valence-electron chi connectivity index (χ2n) is 9.67. The van der Waals surface area contributed by atoms with Crippen LogP contribution >= 0.6 is 0 Å². The molecule has 0 spiro atoms. The molecule has 1 aromatic carbocycles. The summed E-state index contributed by atoms with van der Waals surface area (Å²) >= 11 is 0. The van der Waals surface area contributed by atoms with Crippen molar-refractivity contribution in [2.75, 3.05) is 5.75 Å². The number of carbonyl (C=O) groups excluding carboxylic acids is 1. The first-order valence-electron chi connectivity index (χ1n) is 11.7. The van der Waals surface area contributed by atoms with E-state index in [9.17, 15) is 30.4 Å². The van der Waals surface area contributed by atoms with Crippen LogP contribution in [-0.2, 0) is 48.0 Å². The number of hydrogen-bond acceptors (Lipinski definition) is 6. The summed E-state index contributed by atoms with van der Waals surface area (Å²) in [5.41, 5.74) is 2.22. The van der Waals surface area contributed by atoms with Crippen molar-refractivity contribution < 1.29 is 34.9 Å². The Morgan fingerprint density at radius 3 is 1.80 bits per heavy atom. The standard InChI is InChI=1S/C16H26O4S2.C8H16O4S/c1-4-10-16(3,22(18,19)20)11-12-21(17)13-15-8-6-14(5-2)7-9-15;1-7(9)5-4-6-8(2,3)13(10,11)12/h6-9H,4-5,10-13H2,1-3H3,(H,18,19,20);4-6H2,1-3H3,(H,10,11,12). The third-order valence-electron chi connectivity index (χ3n) is 6.03. The van der Waals surface area contributed by atoms with Crippen molar-refractivity contribution in [2.45, 2.75) is 102 Å². The number of Topliss-reactive ketones (excluding diaryl/α,β-unsaturated/α-hetero) is 1. The van der Waals surface area contributed by atoms with Crippen LogP contribution < -0.4 is 0 Å². The van der Waals surface area contributed by atoms with Gasteiger partial charge in [-0.2, -0.15) is 16.8 Å². The number of hydrogen-bond donors (Lipinski definition) is 2. The van der Waals surface area contributed by atoms with E-state index in [0.29, 0.717) is 37.9 Å². The quantitative estimate of drug-likeness (QED) is 0.314. The van der Waals surface area contributed by atoms with Gasteiger partial charge in [-0.05, 0) is 70.9 Å². The zero-order chi connectivity index (χ0) is 27.5. The highest BCUT2D eigenvalue weighted by Crippen LogP contribution is 2.27. The second-order valence-corrected chi connectivity index (χ2v) is 15.2. The summed E-state index contributed by atoms with van der Waals surface area (Å²) < 4.78 is 72.7. The molecule has 2 atom stereocenters. The molecule has 0 aliphatic heterocycles. The molecule has 2 N–H and O–H groups in total. The van der Waals surface area contributed by atoms with Crippen molar-refractivity contribution >= 4 is 36.8 Å². The Balaban J connectivity index is 0.000000761. The molecule has 0 aliphatic carbocycles. The van der Waals surface area contributed by atoms with Gasteiger partial charge in [0.25, 0.3) is 20.2 Å². The van der Waals surface area contributed by atoms with Gasteiger partial charge in [-0.25, -0.2) is 0 Å². The molecule has 204 valence electrons. The minimum absolute atomic E-state index is 0.0335. The topological polar surface area (TPSA) is 143 Å². The van der Waals surface area contributed by atoms with Crippen molar-refractivity contribution in [1.29, 1.82) is 0 Å². The number of benzene rings is 1. The summed E-state index contributed by atoms with van der Waals surface area (Å²) in [6, 6.07) is 7.97. The van der Waals surface area contributed by atoms with Crippen molar-refractivity contribution in [3.8, 4) is 0 Å². The Morgan fingerprint density at radius 1 is 0.886 bits per heavy atom. The lowest BCUT2D eigenvalue weighted by atomic mass is 10.0. The first-order chi connectivity index (χ1) is 15.9. The lowest BCUT2D eigenvalue weighted by Crippen LogP contribution is -2.36. The van der Waals surface area contributed by atoms with E-state index < -0.39 is 40.5 Å². The lowest BCUT2D eigenvalue weighted by molar-refractivity contribution is -0.117. The van der Waals surface area contributed by atoms with Crippen molar-refractivity contribution in [3.05, 3.63) is 35.4 Å². The fraction of sp³-hybridized carbons (Fsp3) is 0.708. The van der Waals surface area contributed by atoms with Gasteiger partial charge in [0.1, 0.15) is 5.78 Å². The SMILES string of the molecule is CC(=O)CCCC(C)(C)S(=O)(=O)O.CCCC(C)(CCS(=O)Cc1ccc(CC)cc1)S(=O)(=O)O. The molecule has 35 heavy (non-hydrogen) atoms. The van der Waals surface area contributed by atoms with Crippen LogP contribution in [0.25, 0.3) is 0 Å². The number of rotatable bonds is 14. The van der Waals surface area contributed by atoms with E-state index in [0.717, 1.165) is 12.0 Å². The second kappa shape index (κ2) is 14.6. The molecule has 0 saturated carbocycles. The van der Waals surface area contributed by atoms with Crippen LogP contribution in [0.1, 0.15) is 91.2 Å². The predicted molar refractivity (Wildman–Crippen MR) is 142 cm³/mol. The van der Waals surface area contributed by atoms with Gasteiger partial charge in [-0.15, -0.1) is 0 Å². The normalized spacial score (nSPS) is 15.0. The highest BCUT2D eigenvalue weighted by atomic mass is 32.2. The van der Waals surface area contributed by atoms with Gasteiger partial charge in [0, 0.05) is 28.7 Å². The van der Waals surface area contributed by atoms with Gasteiger partial charge in [-0.3, -0.25) is 13.3 Å². The maximum atomic E-state index is 12.2. The van der Waals surface area contributed by atoms with E-state index in [1.54, 1.807) is 0 Å². The molecule has 0 aromatic heterocycles. The fourth-order valence-corrected chi connectivity index (χ4v) is 6.00. The largest absolute Gasteiger partial charge is 0.300 e. The van der Waals surface area contributed by atoms with Gasteiger partial charge in [0.05, 0.1) is 9.49 Å². The van der Waals surface area contributed by atoms with Crippen LogP contribution in [0, 0.1) is 0 Å². The predicted octanol–water partition coefficient (Wildman–Crippen LogP) is 4.75. The molecule has 0 saturated heterocycles. The van der Waals surface area contributed by atoms with Gasteiger partial charge >= 0.3 is 0 Å². The van der Waals surface area contributed by atoms with Crippen molar-refractivity contribution in [1.82, 2.24) is 0 Å². The van der Waals surface area contributed by atoms with Crippen LogP contribution in [0.4, 0.5) is 0 Å². The molecule has 0 radical (unpaired) electrons. The Kier molecular flexibility index (Phi) is 14.1. The average molecular weight is 555 g/mol. The van der Waals surface area contributed by atoms with E-state index in [1.807, 2.05) is 31.2 Å². The Hall–Kier alpha value is -1.14. The van der Waals surface area contributed by atoms with Crippen LogP contribution in [0.15, 0.2) is 24.3 Å². The Labute approximate surface area is 214 Å². The smallest absolute Gasteiger partial charge is 0.270 e. The van der Waals surface area contributed by atoms with Crippen LogP contribution in [-0.4, -0.2) is 51.2 Å². The molecule has 0 fully saturated rings. The summed E-state index contributed by atoms with van der Waals surface area (Å²) in [5.74, 6) is 0.717. The molecule has 1 rings (SSSR count). The Bertz CT molecular complexity index is 1030. The molecular weight excluding hydrogens is 512 g/mol. The zero-order valence-electron chi connectivity index (χ0n) is 21.7. The maximum Gasteiger partial charge on any atom is 0.270 e. The number of carbonyl (C=O) groups is 1. The fourth-order valence-electron chi connectivity index (χ4n) is 3.26. The lowest BCUT2D eigenvalue weighted by Gasteiger charge is -2.25. The van der Waals surface area contributed by atoms with E-state index in [1.165, 1.54) is 33.3 Å². The first-order valence-corrected chi connectivity index (χ1v) is 16.1. The van der Waals surface area contributed by atoms with Crippen molar-refractivity contribution in [3.63, 3.8) is 0 Å². The molecule has 0 amide bonds. The summed E-state index contributed by atoms with van der Waals surface area (Å²) in [6.07, 6.45) is 3.34. The highest BCUT2D eigenvalue weighted by molar-refractivity contribution is 7.87. The minimum atomic E-state index is -4.14. The zero-order valence-corrected chi connectivity index (χ0v) is 24.2. The summed E-state index contributed by atoms with van der Waals surface area (Å²) in [5, 5.41) is 0. The van der Waals surface area contributed by atoms with E-state index >= 15 is 0 Å². The summed E-state index contributed by atoms with van der Waals surface area (Å²) in [4.78, 5) is 10.6. The van der Waals surface area contributed by atoms with E-state index in [-0.39, 0.29) is 18.0 Å². The maximum absolute atomic E-state index is 12.2. The highest BCUT2D eigenvalue weighted by Gasteiger charge is 2.37. The van der Waals surface area contributed by atoms with Gasteiger partial charge in [0.15, 0.2) is 0 Å². The van der Waals surface area contributed by atoms with Crippen LogP contribution in [0.3, 0.4) is 0 Å². The molecule has 2 unspecified atom stereocenters. The van der Waals surface area contributed by atoms with Crippen LogP contribution in [0.2, 0.25) is 0 Å². The van der Waals surface area contributed by atoms with Crippen molar-refractivity contribution in [2.24, 2.45) is 0 Å². The molecule has 11 heteroatoms. The monoisotopic (exact) mass is 554 g/mol. The van der Waals surface area contributed by atoms with E-state index in [2.05, 4.69) is 6.92 Å². The van der Waals surface area contributed by atoms with Gasteiger partial charge in [0.2, 0.25) is 0 Å². The third-order valence-corrected chi connectivity index (χ3v) is 10.6. The minimum Gasteiger partial charge on any atom is -0.300 e. The summed E-state index contributed by atoms with van der Waals surface area (Å²) in [7, 11) is -9.29. The molecule has 0 bridgehead atoms. The van der Waals surface area contributed by atoms with E-state index in [4.69, 9.17) is 4.55 Å². The van der Waals surface area contributed by atoms with Crippen LogP contribution in [0.5, 0.6) is 0 Å². The van der Waals surface area contributed by atoms with Gasteiger partial charge in [-0.1, -0.05) is 44.5 Å².